The molecular formula is C14H11Cl2F3N4O. The molecule has 0 fully saturated rings. The van der Waals surface area contributed by atoms with E-state index in [2.05, 4.69) is 14.7 Å². The van der Waals surface area contributed by atoms with Gasteiger partial charge in [0.1, 0.15) is 5.75 Å². The normalized spacial score (nSPS) is 11.2. The second-order valence-electron chi connectivity index (χ2n) is 4.67. The highest BCUT2D eigenvalue weighted by atomic mass is 35.5. The van der Waals surface area contributed by atoms with E-state index in [0.717, 1.165) is 5.69 Å². The summed E-state index contributed by atoms with van der Waals surface area (Å²) < 4.78 is 44.0. The monoisotopic (exact) mass is 378 g/mol. The summed E-state index contributed by atoms with van der Waals surface area (Å²) in [7, 11) is 0. The van der Waals surface area contributed by atoms with E-state index in [1.54, 1.807) is 35.8 Å². The van der Waals surface area contributed by atoms with Gasteiger partial charge in [0.15, 0.2) is 0 Å². The first-order valence-electron chi connectivity index (χ1n) is 6.45. The molecule has 10 heteroatoms. The molecule has 5 nitrogen and oxygen atoms in total. The molecule has 0 saturated carbocycles. The summed E-state index contributed by atoms with van der Waals surface area (Å²) in [5.41, 5.74) is 1.35. The highest BCUT2D eigenvalue weighted by Crippen LogP contribution is 2.31. The molecule has 0 N–H and O–H groups in total. The van der Waals surface area contributed by atoms with Crippen LogP contribution >= 0.6 is 24.0 Å². The van der Waals surface area contributed by atoms with Gasteiger partial charge in [0.2, 0.25) is 0 Å². The Morgan fingerprint density at radius 1 is 1.21 bits per heavy atom. The van der Waals surface area contributed by atoms with Crippen LogP contribution in [0.5, 0.6) is 5.75 Å². The summed E-state index contributed by atoms with van der Waals surface area (Å²) in [5.74, 6) is -0.443. The molecule has 0 unspecified atom stereocenters. The zero-order valence-corrected chi connectivity index (χ0v) is 13.5. The van der Waals surface area contributed by atoms with E-state index in [0.29, 0.717) is 12.2 Å². The summed E-state index contributed by atoms with van der Waals surface area (Å²) in [6, 6.07) is 4.02. The average molecular weight is 379 g/mol. The highest BCUT2D eigenvalue weighted by Gasteiger charge is 2.32. The third-order valence-corrected chi connectivity index (χ3v) is 3.27. The van der Waals surface area contributed by atoms with Crippen LogP contribution in [0.3, 0.4) is 0 Å². The Morgan fingerprint density at radius 2 is 2.00 bits per heavy atom. The first-order valence-corrected chi connectivity index (χ1v) is 6.83. The molecule has 3 rings (SSSR count). The lowest BCUT2D eigenvalue weighted by atomic mass is 10.3. The van der Waals surface area contributed by atoms with E-state index in [9.17, 15) is 13.2 Å². The van der Waals surface area contributed by atoms with Crippen molar-refractivity contribution in [2.45, 2.75) is 12.9 Å². The Bertz CT molecular complexity index is 803. The Hall–Kier alpha value is -2.19. The molecule has 2 heterocycles. The number of ether oxygens (including phenoxy) is 1. The number of aromatic nitrogens is 4. The molecule has 1 aromatic carbocycles. The minimum Gasteiger partial charge on any atom is -0.404 e. The minimum atomic E-state index is -4.78. The smallest absolute Gasteiger partial charge is 0.404 e. The summed E-state index contributed by atoms with van der Waals surface area (Å²) in [6.45, 7) is 0.538. The van der Waals surface area contributed by atoms with Crippen LogP contribution < -0.4 is 4.74 Å². The van der Waals surface area contributed by atoms with Crippen molar-refractivity contribution in [3.63, 3.8) is 0 Å². The van der Waals surface area contributed by atoms with Crippen LogP contribution in [-0.2, 0) is 6.54 Å². The van der Waals surface area contributed by atoms with Crippen molar-refractivity contribution in [1.82, 2.24) is 19.1 Å². The van der Waals surface area contributed by atoms with E-state index < -0.39 is 12.1 Å². The van der Waals surface area contributed by atoms with Gasteiger partial charge in [0, 0.05) is 24.3 Å². The van der Waals surface area contributed by atoms with Gasteiger partial charge in [-0.15, -0.1) is 25.6 Å². The predicted octanol–water partition coefficient (Wildman–Crippen LogP) is 4.09. The van der Waals surface area contributed by atoms with Crippen LogP contribution in [0.15, 0.2) is 49.4 Å². The highest BCUT2D eigenvalue weighted by molar-refractivity contribution is 6.32. The molecule has 3 aromatic rings. The molecule has 0 saturated heterocycles. The number of benzene rings is 1. The first-order chi connectivity index (χ1) is 10.9. The molecule has 0 spiro atoms. The second-order valence-corrected chi connectivity index (χ2v) is 5.08. The van der Waals surface area contributed by atoms with Crippen molar-refractivity contribution in [2.24, 2.45) is 0 Å². The van der Waals surface area contributed by atoms with Crippen molar-refractivity contribution >= 4 is 24.0 Å². The zero-order valence-electron chi connectivity index (χ0n) is 11.9. The lowest BCUT2D eigenvalue weighted by Gasteiger charge is -2.11. The Kier molecular flexibility index (Phi) is 5.40. The van der Waals surface area contributed by atoms with Crippen LogP contribution in [0.4, 0.5) is 13.2 Å². The van der Waals surface area contributed by atoms with Crippen molar-refractivity contribution < 1.29 is 17.9 Å². The van der Waals surface area contributed by atoms with Gasteiger partial charge in [-0.1, -0.05) is 11.6 Å². The minimum absolute atomic E-state index is 0. The maximum Gasteiger partial charge on any atom is 0.573 e. The topological polar surface area (TPSA) is 44.9 Å². The van der Waals surface area contributed by atoms with E-state index >= 15 is 0 Å². The SMILES string of the molecule is Cl.FC(F)(F)Oc1ccc(-n2cnc(Cn3ccnc3)c2)cc1Cl. The molecule has 0 radical (unpaired) electrons. The molecule has 0 aliphatic rings. The van der Waals surface area contributed by atoms with Crippen molar-refractivity contribution in [3.05, 3.63) is 60.2 Å². The number of rotatable bonds is 4. The van der Waals surface area contributed by atoms with Gasteiger partial charge in [-0.25, -0.2) is 9.97 Å². The van der Waals surface area contributed by atoms with Gasteiger partial charge < -0.3 is 13.9 Å². The van der Waals surface area contributed by atoms with E-state index in [1.165, 1.54) is 18.2 Å². The van der Waals surface area contributed by atoms with Gasteiger partial charge >= 0.3 is 6.36 Å². The van der Waals surface area contributed by atoms with Crippen molar-refractivity contribution in [2.75, 3.05) is 0 Å². The van der Waals surface area contributed by atoms with Crippen LogP contribution in [-0.4, -0.2) is 25.5 Å². The van der Waals surface area contributed by atoms with Gasteiger partial charge in [-0.3, -0.25) is 0 Å². The molecule has 24 heavy (non-hydrogen) atoms. The number of hydrogen-bond donors (Lipinski definition) is 0. The predicted molar refractivity (Wildman–Crippen MR) is 83.8 cm³/mol. The Balaban J connectivity index is 0.00000208. The largest absolute Gasteiger partial charge is 0.573 e. The molecule has 0 atom stereocenters. The molecule has 0 amide bonds. The number of alkyl halides is 3. The van der Waals surface area contributed by atoms with Gasteiger partial charge in [0.25, 0.3) is 0 Å². The second kappa shape index (κ2) is 7.14. The Labute approximate surface area is 146 Å². The Morgan fingerprint density at radius 3 is 2.62 bits per heavy atom. The fourth-order valence-electron chi connectivity index (χ4n) is 2.01. The maximum absolute atomic E-state index is 12.2. The van der Waals surface area contributed by atoms with Gasteiger partial charge in [-0.05, 0) is 18.2 Å². The lowest BCUT2D eigenvalue weighted by molar-refractivity contribution is -0.274. The fraction of sp³-hybridized carbons (Fsp3) is 0.143. The third-order valence-electron chi connectivity index (χ3n) is 2.98. The number of imidazole rings is 2. The molecule has 0 aliphatic carbocycles. The van der Waals surface area contributed by atoms with Crippen molar-refractivity contribution in [1.29, 1.82) is 0 Å². The molecule has 2 aromatic heterocycles. The maximum atomic E-state index is 12.2. The molecule has 0 bridgehead atoms. The number of hydrogen-bond acceptors (Lipinski definition) is 3. The lowest BCUT2D eigenvalue weighted by Crippen LogP contribution is -2.17. The van der Waals surface area contributed by atoms with Crippen LogP contribution in [0.1, 0.15) is 5.69 Å². The average Bonchev–Trinajstić information content (AvgIpc) is 3.12. The molecular weight excluding hydrogens is 368 g/mol. The summed E-state index contributed by atoms with van der Waals surface area (Å²) in [4.78, 5) is 8.18. The molecule has 0 aliphatic heterocycles. The number of halogens is 5. The van der Waals surface area contributed by atoms with E-state index in [4.69, 9.17) is 11.6 Å². The first kappa shape index (κ1) is 18.2. The quantitative estimate of drug-likeness (QED) is 0.686. The fourth-order valence-corrected chi connectivity index (χ4v) is 2.22. The third kappa shape index (κ3) is 4.42. The summed E-state index contributed by atoms with van der Waals surface area (Å²) in [5, 5.41) is -0.135. The van der Waals surface area contributed by atoms with Crippen LogP contribution in [0.25, 0.3) is 5.69 Å². The zero-order chi connectivity index (χ0) is 16.4. The standard InChI is InChI=1S/C14H10ClF3N4O.ClH/c15-12-5-11(1-2-13(12)23-14(16,17)18)22-7-10(20-9-22)6-21-4-3-19-8-21;/h1-5,7-9H,6H2;1H. The van der Waals surface area contributed by atoms with Crippen molar-refractivity contribution in [3.8, 4) is 11.4 Å². The van der Waals surface area contributed by atoms with Crippen LogP contribution in [0, 0.1) is 0 Å². The van der Waals surface area contributed by atoms with Crippen LogP contribution in [0.2, 0.25) is 5.02 Å². The van der Waals surface area contributed by atoms with Gasteiger partial charge in [-0.2, -0.15) is 0 Å². The van der Waals surface area contributed by atoms with E-state index in [1.807, 2.05) is 4.57 Å². The summed E-state index contributed by atoms with van der Waals surface area (Å²) >= 11 is 5.84. The summed E-state index contributed by atoms with van der Waals surface area (Å²) in [6.07, 6.45) is 3.67. The van der Waals surface area contributed by atoms with E-state index in [-0.39, 0.29) is 17.4 Å². The van der Waals surface area contributed by atoms with Gasteiger partial charge in [0.05, 0.1) is 29.9 Å². The number of nitrogens with zero attached hydrogens (tertiary/aromatic N) is 4. The molecule has 128 valence electrons.